The van der Waals surface area contributed by atoms with Crippen molar-refractivity contribution < 1.29 is 19.1 Å². The number of amides is 1. The van der Waals surface area contributed by atoms with Crippen LogP contribution in [0.5, 0.6) is 0 Å². The van der Waals surface area contributed by atoms with Crippen molar-refractivity contribution in [2.45, 2.75) is 37.6 Å². The van der Waals surface area contributed by atoms with Gasteiger partial charge in [-0.1, -0.05) is 19.3 Å². The van der Waals surface area contributed by atoms with Crippen LogP contribution in [-0.4, -0.2) is 27.5 Å². The molecule has 1 aliphatic rings. The van der Waals surface area contributed by atoms with E-state index in [-0.39, 0.29) is 5.56 Å². The molecular formula is C17H18N2O5. The molecule has 0 aromatic carbocycles. The van der Waals surface area contributed by atoms with Crippen molar-refractivity contribution in [2.24, 2.45) is 0 Å². The van der Waals surface area contributed by atoms with Gasteiger partial charge in [0.2, 0.25) is 0 Å². The summed E-state index contributed by atoms with van der Waals surface area (Å²) in [6, 6.07) is 6.31. The van der Waals surface area contributed by atoms with Crippen LogP contribution in [0.3, 0.4) is 0 Å². The lowest BCUT2D eigenvalue weighted by molar-refractivity contribution is -0.145. The number of aromatic nitrogens is 1. The van der Waals surface area contributed by atoms with Gasteiger partial charge >= 0.3 is 5.97 Å². The SMILES string of the molecule is O=C(NC1(C(=O)O)CCCCC1)c1ccc(-c2ccco2)[nH]c1=O. The van der Waals surface area contributed by atoms with Crippen LogP contribution in [0.25, 0.3) is 11.5 Å². The van der Waals surface area contributed by atoms with E-state index in [2.05, 4.69) is 10.3 Å². The number of H-pyrrole nitrogens is 1. The number of nitrogens with one attached hydrogen (secondary N) is 2. The Labute approximate surface area is 137 Å². The first-order valence-corrected chi connectivity index (χ1v) is 7.85. The number of carboxylic acids is 1. The number of carbonyl (C=O) groups is 2. The van der Waals surface area contributed by atoms with Crippen LogP contribution in [0.15, 0.2) is 39.7 Å². The Kier molecular flexibility index (Phi) is 4.24. The third-order valence-corrected chi connectivity index (χ3v) is 4.41. The molecule has 0 radical (unpaired) electrons. The minimum absolute atomic E-state index is 0.114. The van der Waals surface area contributed by atoms with Crippen LogP contribution in [-0.2, 0) is 4.79 Å². The lowest BCUT2D eigenvalue weighted by atomic mass is 9.81. The average Bonchev–Trinajstić information content (AvgIpc) is 3.09. The molecule has 0 atom stereocenters. The number of carboxylic acid groups (broad SMARTS) is 1. The molecule has 7 nitrogen and oxygen atoms in total. The third-order valence-electron chi connectivity index (χ3n) is 4.41. The zero-order chi connectivity index (χ0) is 17.2. The van der Waals surface area contributed by atoms with Crippen LogP contribution in [0.1, 0.15) is 42.5 Å². The molecule has 126 valence electrons. The predicted molar refractivity (Wildman–Crippen MR) is 85.7 cm³/mol. The van der Waals surface area contributed by atoms with Crippen LogP contribution in [0.4, 0.5) is 0 Å². The summed E-state index contributed by atoms with van der Waals surface area (Å²) in [6.07, 6.45) is 4.64. The van der Waals surface area contributed by atoms with Crippen molar-refractivity contribution in [3.8, 4) is 11.5 Å². The standard InChI is InChI=1S/C17H18N2O5/c20-14-11(6-7-12(18-14)13-5-4-10-24-13)15(21)19-17(16(22)23)8-2-1-3-9-17/h4-7,10H,1-3,8-9H2,(H,18,20)(H,19,21)(H,22,23). The highest BCUT2D eigenvalue weighted by Crippen LogP contribution is 2.28. The van der Waals surface area contributed by atoms with Gasteiger partial charge in [-0.05, 0) is 37.1 Å². The van der Waals surface area contributed by atoms with Gasteiger partial charge in [0.25, 0.3) is 11.5 Å². The number of hydrogen-bond donors (Lipinski definition) is 3. The van der Waals surface area contributed by atoms with Crippen LogP contribution in [0.2, 0.25) is 0 Å². The first kappa shape index (κ1) is 16.0. The highest BCUT2D eigenvalue weighted by molar-refractivity contribution is 5.97. The molecule has 0 unspecified atom stereocenters. The van der Waals surface area contributed by atoms with E-state index in [0.717, 1.165) is 19.3 Å². The van der Waals surface area contributed by atoms with E-state index in [1.807, 2.05) is 0 Å². The first-order chi connectivity index (χ1) is 11.5. The third kappa shape index (κ3) is 2.97. The molecule has 0 saturated heterocycles. The topological polar surface area (TPSA) is 112 Å². The molecule has 1 fully saturated rings. The molecule has 3 rings (SSSR count). The molecule has 0 aliphatic heterocycles. The minimum Gasteiger partial charge on any atom is -0.480 e. The number of furan rings is 1. The summed E-state index contributed by atoms with van der Waals surface area (Å²) in [7, 11) is 0. The molecule has 2 aromatic heterocycles. The predicted octanol–water partition coefficient (Wildman–Crippen LogP) is 2.15. The monoisotopic (exact) mass is 330 g/mol. The molecule has 1 amide bonds. The summed E-state index contributed by atoms with van der Waals surface area (Å²) in [4.78, 5) is 38.8. The Balaban J connectivity index is 1.84. The molecule has 24 heavy (non-hydrogen) atoms. The van der Waals surface area contributed by atoms with Crippen molar-refractivity contribution in [1.82, 2.24) is 10.3 Å². The highest BCUT2D eigenvalue weighted by Gasteiger charge is 2.41. The van der Waals surface area contributed by atoms with Gasteiger partial charge in [0.05, 0.1) is 12.0 Å². The Morgan fingerprint density at radius 1 is 1.17 bits per heavy atom. The summed E-state index contributed by atoms with van der Waals surface area (Å²) in [6.45, 7) is 0. The molecule has 7 heteroatoms. The van der Waals surface area contributed by atoms with Gasteiger partial charge in [-0.15, -0.1) is 0 Å². The van der Waals surface area contributed by atoms with Gasteiger partial charge in [0.1, 0.15) is 16.9 Å². The Morgan fingerprint density at radius 3 is 2.50 bits per heavy atom. The molecule has 1 aliphatic carbocycles. The Morgan fingerprint density at radius 2 is 1.92 bits per heavy atom. The maximum absolute atomic E-state index is 12.4. The molecule has 1 saturated carbocycles. The van der Waals surface area contributed by atoms with E-state index < -0.39 is 23.0 Å². The molecule has 2 aromatic rings. The van der Waals surface area contributed by atoms with Crippen molar-refractivity contribution in [2.75, 3.05) is 0 Å². The second-order valence-electron chi connectivity index (χ2n) is 5.99. The quantitative estimate of drug-likeness (QED) is 0.795. The van der Waals surface area contributed by atoms with E-state index in [1.165, 1.54) is 12.3 Å². The normalized spacial score (nSPS) is 16.5. The maximum Gasteiger partial charge on any atom is 0.329 e. The van der Waals surface area contributed by atoms with Gasteiger partial charge in [-0.25, -0.2) is 4.79 Å². The van der Waals surface area contributed by atoms with Crippen molar-refractivity contribution in [1.29, 1.82) is 0 Å². The van der Waals surface area contributed by atoms with E-state index in [1.54, 1.807) is 18.2 Å². The second-order valence-corrected chi connectivity index (χ2v) is 5.99. The first-order valence-electron chi connectivity index (χ1n) is 7.85. The summed E-state index contributed by atoms with van der Waals surface area (Å²) in [5.41, 5.74) is -1.54. The minimum atomic E-state index is -1.29. The number of pyridine rings is 1. The molecule has 3 N–H and O–H groups in total. The Bertz CT molecular complexity index is 801. The summed E-state index contributed by atoms with van der Waals surface area (Å²) in [5, 5.41) is 12.1. The van der Waals surface area contributed by atoms with E-state index in [9.17, 15) is 19.5 Å². The summed E-state index contributed by atoms with van der Waals surface area (Å²) < 4.78 is 5.20. The van der Waals surface area contributed by atoms with Gasteiger partial charge in [-0.3, -0.25) is 9.59 Å². The highest BCUT2D eigenvalue weighted by atomic mass is 16.4. The van der Waals surface area contributed by atoms with Gasteiger partial charge in [0.15, 0.2) is 0 Å². The summed E-state index contributed by atoms with van der Waals surface area (Å²) >= 11 is 0. The van der Waals surface area contributed by atoms with Gasteiger partial charge in [0, 0.05) is 0 Å². The average molecular weight is 330 g/mol. The lowest BCUT2D eigenvalue weighted by Crippen LogP contribution is -2.56. The smallest absolute Gasteiger partial charge is 0.329 e. The van der Waals surface area contributed by atoms with E-state index >= 15 is 0 Å². The fraction of sp³-hybridized carbons (Fsp3) is 0.353. The molecule has 0 bridgehead atoms. The van der Waals surface area contributed by atoms with Crippen LogP contribution >= 0.6 is 0 Å². The van der Waals surface area contributed by atoms with E-state index in [4.69, 9.17) is 4.42 Å². The second kappa shape index (κ2) is 6.35. The van der Waals surface area contributed by atoms with Gasteiger partial charge in [-0.2, -0.15) is 0 Å². The fourth-order valence-corrected chi connectivity index (χ4v) is 3.06. The Hall–Kier alpha value is -2.83. The summed E-state index contributed by atoms with van der Waals surface area (Å²) in [5.74, 6) is -1.25. The number of aliphatic carboxylic acids is 1. The number of rotatable bonds is 4. The zero-order valence-corrected chi connectivity index (χ0v) is 13.0. The van der Waals surface area contributed by atoms with Crippen LogP contribution in [0, 0.1) is 0 Å². The van der Waals surface area contributed by atoms with Gasteiger partial charge < -0.3 is 19.8 Å². The van der Waals surface area contributed by atoms with Crippen molar-refractivity contribution in [3.05, 3.63) is 46.4 Å². The van der Waals surface area contributed by atoms with Crippen LogP contribution < -0.4 is 10.9 Å². The lowest BCUT2D eigenvalue weighted by Gasteiger charge is -2.33. The number of carbonyl (C=O) groups excluding carboxylic acids is 1. The molecule has 2 heterocycles. The van der Waals surface area contributed by atoms with E-state index in [0.29, 0.717) is 24.3 Å². The zero-order valence-electron chi connectivity index (χ0n) is 13.0. The number of hydrogen-bond acceptors (Lipinski definition) is 4. The van der Waals surface area contributed by atoms with Crippen molar-refractivity contribution >= 4 is 11.9 Å². The molecular weight excluding hydrogens is 312 g/mol. The van der Waals surface area contributed by atoms with Crippen molar-refractivity contribution in [3.63, 3.8) is 0 Å². The largest absolute Gasteiger partial charge is 0.480 e. The fourth-order valence-electron chi connectivity index (χ4n) is 3.06. The number of aromatic amines is 1. The maximum atomic E-state index is 12.4. The molecule has 0 spiro atoms.